The van der Waals surface area contributed by atoms with Crippen LogP contribution < -0.4 is 10.3 Å². The molecule has 0 saturated carbocycles. The second-order valence-corrected chi connectivity index (χ2v) is 6.83. The summed E-state index contributed by atoms with van der Waals surface area (Å²) in [6, 6.07) is 14.6. The lowest BCUT2D eigenvalue weighted by atomic mass is 10.1. The van der Waals surface area contributed by atoms with Gasteiger partial charge in [-0.15, -0.1) is 11.8 Å². The van der Waals surface area contributed by atoms with E-state index in [-0.39, 0.29) is 5.91 Å². The number of carbonyl (C=O) groups is 1. The number of nitrogens with zero attached hydrogens (tertiary/aromatic N) is 1. The first-order valence-corrected chi connectivity index (χ1v) is 8.66. The summed E-state index contributed by atoms with van der Waals surface area (Å²) >= 11 is 1.59. The van der Waals surface area contributed by atoms with Gasteiger partial charge in [-0.05, 0) is 22.9 Å². The number of benzene rings is 2. The van der Waals surface area contributed by atoms with Gasteiger partial charge in [-0.2, -0.15) is 0 Å². The molecule has 5 heteroatoms. The van der Waals surface area contributed by atoms with Crippen molar-refractivity contribution in [3.63, 3.8) is 0 Å². The van der Waals surface area contributed by atoms with Crippen LogP contribution in [0.15, 0.2) is 47.4 Å². The predicted molar refractivity (Wildman–Crippen MR) is 91.0 cm³/mol. The van der Waals surface area contributed by atoms with E-state index in [0.717, 1.165) is 31.1 Å². The molecule has 2 aromatic carbocycles. The van der Waals surface area contributed by atoms with E-state index in [4.69, 9.17) is 0 Å². The number of hydrogen-bond donors (Lipinski definition) is 2. The molecule has 1 saturated heterocycles. The average molecular weight is 316 g/mol. The minimum atomic E-state index is 0.0812. The van der Waals surface area contributed by atoms with Crippen LogP contribution in [0.25, 0.3) is 10.8 Å². The van der Waals surface area contributed by atoms with Gasteiger partial charge in [-0.25, -0.2) is 5.01 Å². The molecule has 2 aromatic rings. The smallest absolute Gasteiger partial charge is 0.244 e. The maximum atomic E-state index is 12.0. The summed E-state index contributed by atoms with van der Waals surface area (Å²) < 4.78 is 0. The second kappa shape index (κ2) is 7.13. The van der Waals surface area contributed by atoms with Crippen molar-refractivity contribution >= 4 is 28.4 Å². The number of nitrogens with one attached hydrogen (secondary N) is 2. The van der Waals surface area contributed by atoms with E-state index in [0.29, 0.717) is 5.75 Å². The van der Waals surface area contributed by atoms with Gasteiger partial charge in [0.15, 0.2) is 0 Å². The molecule has 0 unspecified atom stereocenters. The lowest BCUT2D eigenvalue weighted by Gasteiger charge is -2.30. The second-order valence-electron chi connectivity index (χ2n) is 5.78. The highest BCUT2D eigenvalue weighted by Gasteiger charge is 2.18. The van der Waals surface area contributed by atoms with Gasteiger partial charge >= 0.3 is 0 Å². The molecule has 1 aliphatic rings. The number of hydrogen-bond acceptors (Lipinski definition) is 3. The number of quaternary nitrogens is 1. The van der Waals surface area contributed by atoms with Gasteiger partial charge in [0.2, 0.25) is 5.91 Å². The Kier molecular flexibility index (Phi) is 4.97. The van der Waals surface area contributed by atoms with Crippen molar-refractivity contribution in [3.05, 3.63) is 42.5 Å². The molecule has 2 N–H and O–H groups in total. The number of carbonyl (C=O) groups excluding carboxylic acids is 1. The van der Waals surface area contributed by atoms with Crippen LogP contribution in [0.1, 0.15) is 0 Å². The molecule has 0 bridgehead atoms. The van der Waals surface area contributed by atoms with Crippen molar-refractivity contribution in [1.29, 1.82) is 0 Å². The molecule has 1 fully saturated rings. The number of likely N-dealkylation sites (N-methyl/N-ethyl adjacent to an activating group) is 1. The molecule has 116 valence electrons. The van der Waals surface area contributed by atoms with Crippen molar-refractivity contribution in [2.24, 2.45) is 0 Å². The van der Waals surface area contributed by atoms with Crippen LogP contribution in [0, 0.1) is 0 Å². The van der Waals surface area contributed by atoms with Gasteiger partial charge in [0.1, 0.15) is 0 Å². The Hall–Kier alpha value is -1.56. The first-order chi connectivity index (χ1) is 10.7. The highest BCUT2D eigenvalue weighted by Crippen LogP contribution is 2.23. The van der Waals surface area contributed by atoms with Crippen LogP contribution in [-0.2, 0) is 4.79 Å². The Morgan fingerprint density at radius 1 is 1.18 bits per heavy atom. The first kappa shape index (κ1) is 15.3. The topological polar surface area (TPSA) is 36.8 Å². The van der Waals surface area contributed by atoms with Gasteiger partial charge < -0.3 is 4.90 Å². The fourth-order valence-electron chi connectivity index (χ4n) is 2.61. The Morgan fingerprint density at radius 3 is 2.68 bits per heavy atom. The normalized spacial score (nSPS) is 16.8. The van der Waals surface area contributed by atoms with Crippen LogP contribution in [0.5, 0.6) is 0 Å². The molecule has 0 aromatic heterocycles. The quantitative estimate of drug-likeness (QED) is 0.819. The molecule has 0 atom stereocenters. The Labute approximate surface area is 135 Å². The third kappa shape index (κ3) is 4.00. The lowest BCUT2D eigenvalue weighted by molar-refractivity contribution is -0.884. The molecular weight excluding hydrogens is 294 g/mol. The Morgan fingerprint density at radius 2 is 1.91 bits per heavy atom. The van der Waals surface area contributed by atoms with Crippen molar-refractivity contribution in [2.75, 3.05) is 39.0 Å². The summed E-state index contributed by atoms with van der Waals surface area (Å²) in [7, 11) is 2.19. The van der Waals surface area contributed by atoms with Crippen molar-refractivity contribution in [1.82, 2.24) is 10.4 Å². The highest BCUT2D eigenvalue weighted by atomic mass is 32.2. The van der Waals surface area contributed by atoms with Crippen LogP contribution in [0.3, 0.4) is 0 Å². The number of piperazine rings is 1. The molecule has 1 aliphatic heterocycles. The van der Waals surface area contributed by atoms with Gasteiger partial charge in [0.25, 0.3) is 0 Å². The van der Waals surface area contributed by atoms with E-state index in [2.05, 4.69) is 42.8 Å². The van der Waals surface area contributed by atoms with E-state index in [1.807, 2.05) is 17.1 Å². The third-order valence-electron chi connectivity index (χ3n) is 3.99. The molecule has 0 spiro atoms. The summed E-state index contributed by atoms with van der Waals surface area (Å²) in [4.78, 5) is 14.7. The first-order valence-electron chi connectivity index (χ1n) is 7.68. The monoisotopic (exact) mass is 316 g/mol. The van der Waals surface area contributed by atoms with Crippen molar-refractivity contribution in [2.45, 2.75) is 4.90 Å². The maximum Gasteiger partial charge on any atom is 0.244 e. The molecule has 0 aliphatic carbocycles. The third-order valence-corrected chi connectivity index (χ3v) is 4.98. The highest BCUT2D eigenvalue weighted by molar-refractivity contribution is 8.00. The SMILES string of the molecule is C[NH+]1CCN(NC(=O)CSc2ccc3ccccc3c2)CC1. The number of fused-ring (bicyclic) bond motifs is 1. The fraction of sp³-hybridized carbons (Fsp3) is 0.353. The van der Waals surface area contributed by atoms with E-state index >= 15 is 0 Å². The molecule has 22 heavy (non-hydrogen) atoms. The average Bonchev–Trinajstić information content (AvgIpc) is 2.55. The number of thioether (sulfide) groups is 1. The molecule has 4 nitrogen and oxygen atoms in total. The molecule has 1 heterocycles. The van der Waals surface area contributed by atoms with Crippen molar-refractivity contribution < 1.29 is 9.69 Å². The van der Waals surface area contributed by atoms with Crippen LogP contribution >= 0.6 is 11.8 Å². The van der Waals surface area contributed by atoms with E-state index in [1.54, 1.807) is 11.8 Å². The molecule has 1 amide bonds. The number of hydrazine groups is 1. The van der Waals surface area contributed by atoms with Crippen LogP contribution in [0.2, 0.25) is 0 Å². The van der Waals surface area contributed by atoms with Gasteiger partial charge in [-0.1, -0.05) is 30.3 Å². The summed E-state index contributed by atoms with van der Waals surface area (Å²) in [6.45, 7) is 4.02. The van der Waals surface area contributed by atoms with Crippen LogP contribution in [-0.4, -0.2) is 49.9 Å². The minimum Gasteiger partial charge on any atom is -0.335 e. The molecular formula is C17H22N3OS+. The molecule has 3 rings (SSSR count). The summed E-state index contributed by atoms with van der Waals surface area (Å²) in [5.41, 5.74) is 3.01. The van der Waals surface area contributed by atoms with E-state index < -0.39 is 0 Å². The van der Waals surface area contributed by atoms with Crippen molar-refractivity contribution in [3.8, 4) is 0 Å². The zero-order chi connectivity index (χ0) is 15.4. The van der Waals surface area contributed by atoms with Gasteiger partial charge in [0, 0.05) is 4.90 Å². The van der Waals surface area contributed by atoms with Gasteiger partial charge in [0.05, 0.1) is 39.0 Å². The number of amides is 1. The Bertz CT molecular complexity index is 653. The molecule has 0 radical (unpaired) electrons. The van der Waals surface area contributed by atoms with Gasteiger partial charge in [-0.3, -0.25) is 10.2 Å². The summed E-state index contributed by atoms with van der Waals surface area (Å²) in [5.74, 6) is 0.537. The van der Waals surface area contributed by atoms with E-state index in [9.17, 15) is 4.79 Å². The standard InChI is InChI=1S/C17H21N3OS/c1-19-8-10-20(11-9-19)18-17(21)13-22-16-7-6-14-4-2-3-5-15(14)12-16/h2-7,12H,8-11,13H2,1H3,(H,18,21)/p+1. The minimum absolute atomic E-state index is 0.0812. The van der Waals surface area contributed by atoms with E-state index in [1.165, 1.54) is 15.7 Å². The summed E-state index contributed by atoms with van der Waals surface area (Å²) in [6.07, 6.45) is 0. The maximum absolute atomic E-state index is 12.0. The predicted octanol–water partition coefficient (Wildman–Crippen LogP) is 0.793. The largest absolute Gasteiger partial charge is 0.335 e. The summed E-state index contributed by atoms with van der Waals surface area (Å²) in [5, 5.41) is 4.49. The zero-order valence-corrected chi connectivity index (χ0v) is 13.7. The fourth-order valence-corrected chi connectivity index (χ4v) is 3.35. The zero-order valence-electron chi connectivity index (χ0n) is 12.8. The Balaban J connectivity index is 1.51. The lowest BCUT2D eigenvalue weighted by Crippen LogP contribution is -3.12. The van der Waals surface area contributed by atoms with Crippen LogP contribution in [0.4, 0.5) is 0 Å². The number of rotatable bonds is 4.